The van der Waals surface area contributed by atoms with Crippen LogP contribution in [0, 0.1) is 17.8 Å². The minimum Gasteiger partial charge on any atom is -0.207 e. The van der Waals surface area contributed by atoms with E-state index in [1.807, 2.05) is 20.8 Å². The van der Waals surface area contributed by atoms with Gasteiger partial charge in [0.05, 0.1) is 0 Å². The maximum absolute atomic E-state index is 13.4. The molecule has 0 radical (unpaired) electrons. The zero-order valence-electron chi connectivity index (χ0n) is 8.11. The van der Waals surface area contributed by atoms with E-state index in [0.717, 1.165) is 6.42 Å². The van der Waals surface area contributed by atoms with Gasteiger partial charge in [-0.05, 0) is 18.3 Å². The Kier molecular flexibility index (Phi) is 2.74. The molecule has 12 heavy (non-hydrogen) atoms. The third-order valence-electron chi connectivity index (χ3n) is 2.94. The summed E-state index contributed by atoms with van der Waals surface area (Å²) >= 11 is 0. The molecule has 0 aliphatic heterocycles. The fourth-order valence-electron chi connectivity index (χ4n) is 2.21. The summed E-state index contributed by atoms with van der Waals surface area (Å²) < 4.78 is 26.7. The Morgan fingerprint density at radius 2 is 1.83 bits per heavy atom. The Labute approximate surface area is 73.3 Å². The molecule has 1 fully saturated rings. The highest BCUT2D eigenvalue weighted by Crippen LogP contribution is 2.44. The minimum atomic E-state index is -2.41. The van der Waals surface area contributed by atoms with Crippen LogP contribution in [0.1, 0.15) is 40.0 Å². The summed E-state index contributed by atoms with van der Waals surface area (Å²) in [4.78, 5) is 0. The van der Waals surface area contributed by atoms with E-state index in [9.17, 15) is 8.78 Å². The van der Waals surface area contributed by atoms with Crippen molar-refractivity contribution in [3.05, 3.63) is 0 Å². The summed E-state index contributed by atoms with van der Waals surface area (Å²) in [6, 6.07) is 0. The molecule has 0 N–H and O–H groups in total. The lowest BCUT2D eigenvalue weighted by atomic mass is 9.75. The predicted octanol–water partition coefficient (Wildman–Crippen LogP) is 3.71. The molecule has 1 saturated carbocycles. The summed E-state index contributed by atoms with van der Waals surface area (Å²) in [5.41, 5.74) is 0. The van der Waals surface area contributed by atoms with Gasteiger partial charge in [0.25, 0.3) is 5.92 Å². The summed E-state index contributed by atoms with van der Waals surface area (Å²) in [6.07, 6.45) is 1.76. The van der Waals surface area contributed by atoms with E-state index < -0.39 is 5.92 Å². The smallest absolute Gasteiger partial charge is 0.207 e. The van der Waals surface area contributed by atoms with Crippen molar-refractivity contribution >= 4 is 0 Å². The lowest BCUT2D eigenvalue weighted by Gasteiger charge is -2.36. The first-order valence-corrected chi connectivity index (χ1v) is 4.81. The molecule has 0 aromatic heterocycles. The van der Waals surface area contributed by atoms with E-state index >= 15 is 0 Å². The zero-order valence-corrected chi connectivity index (χ0v) is 8.11. The van der Waals surface area contributed by atoms with Crippen molar-refractivity contribution in [1.82, 2.24) is 0 Å². The molecule has 0 spiro atoms. The van der Waals surface area contributed by atoms with Crippen LogP contribution < -0.4 is 0 Å². The minimum absolute atomic E-state index is 0.0931. The average Bonchev–Trinajstić information content (AvgIpc) is 1.82. The molecule has 1 aliphatic rings. The number of halogens is 2. The summed E-state index contributed by atoms with van der Waals surface area (Å²) in [5, 5.41) is 0. The van der Waals surface area contributed by atoms with Gasteiger partial charge in [-0.2, -0.15) is 0 Å². The van der Waals surface area contributed by atoms with Crippen LogP contribution in [-0.4, -0.2) is 5.92 Å². The van der Waals surface area contributed by atoms with Crippen molar-refractivity contribution in [2.45, 2.75) is 46.0 Å². The van der Waals surface area contributed by atoms with E-state index in [2.05, 4.69) is 0 Å². The van der Waals surface area contributed by atoms with E-state index in [4.69, 9.17) is 0 Å². The third-order valence-corrected chi connectivity index (χ3v) is 2.94. The van der Waals surface area contributed by atoms with Crippen molar-refractivity contribution < 1.29 is 8.78 Å². The van der Waals surface area contributed by atoms with Crippen LogP contribution in [0.5, 0.6) is 0 Å². The van der Waals surface area contributed by atoms with Gasteiger partial charge in [0.1, 0.15) is 0 Å². The van der Waals surface area contributed by atoms with Gasteiger partial charge < -0.3 is 0 Å². The SMILES string of the molecule is CC(C)[C@@H]1CC[C@H](C)CC1(F)F. The molecule has 0 bridgehead atoms. The quantitative estimate of drug-likeness (QED) is 0.571. The Morgan fingerprint density at radius 1 is 1.25 bits per heavy atom. The van der Waals surface area contributed by atoms with Gasteiger partial charge in [-0.25, -0.2) is 8.78 Å². The molecule has 0 saturated heterocycles. The molecule has 0 aromatic carbocycles. The Morgan fingerprint density at radius 3 is 2.25 bits per heavy atom. The molecule has 72 valence electrons. The Balaban J connectivity index is 2.64. The second-order valence-corrected chi connectivity index (χ2v) is 4.50. The molecule has 2 atom stereocenters. The number of alkyl halides is 2. The van der Waals surface area contributed by atoms with Gasteiger partial charge in [0.15, 0.2) is 0 Å². The average molecular weight is 176 g/mol. The molecule has 1 aliphatic carbocycles. The standard InChI is InChI=1S/C10H18F2/c1-7(2)9-5-4-8(3)6-10(9,11)12/h7-9H,4-6H2,1-3H3/t8-,9-/m0/s1. The van der Waals surface area contributed by atoms with E-state index in [1.165, 1.54) is 0 Å². The fraction of sp³-hybridized carbons (Fsp3) is 1.00. The highest BCUT2D eigenvalue weighted by atomic mass is 19.3. The van der Waals surface area contributed by atoms with Crippen LogP contribution in [0.3, 0.4) is 0 Å². The maximum Gasteiger partial charge on any atom is 0.251 e. The van der Waals surface area contributed by atoms with Crippen LogP contribution >= 0.6 is 0 Å². The fourth-order valence-corrected chi connectivity index (χ4v) is 2.21. The molecule has 0 heterocycles. The van der Waals surface area contributed by atoms with E-state index in [-0.39, 0.29) is 24.2 Å². The molecule has 0 aromatic rings. The summed E-state index contributed by atoms with van der Waals surface area (Å²) in [7, 11) is 0. The number of hydrogen-bond donors (Lipinski definition) is 0. The van der Waals surface area contributed by atoms with Gasteiger partial charge in [-0.15, -0.1) is 0 Å². The predicted molar refractivity (Wildman–Crippen MR) is 46.3 cm³/mol. The number of hydrogen-bond acceptors (Lipinski definition) is 0. The molecule has 0 amide bonds. The zero-order chi connectivity index (χ0) is 9.35. The third kappa shape index (κ3) is 1.96. The van der Waals surface area contributed by atoms with Gasteiger partial charge in [-0.3, -0.25) is 0 Å². The Bertz CT molecular complexity index is 152. The van der Waals surface area contributed by atoms with Crippen LogP contribution in [0.2, 0.25) is 0 Å². The van der Waals surface area contributed by atoms with Crippen molar-refractivity contribution in [2.75, 3.05) is 0 Å². The molecule has 1 rings (SSSR count). The van der Waals surface area contributed by atoms with E-state index in [0.29, 0.717) is 6.42 Å². The summed E-state index contributed by atoms with van der Waals surface area (Å²) in [5.74, 6) is -2.47. The van der Waals surface area contributed by atoms with Gasteiger partial charge in [0, 0.05) is 12.3 Å². The van der Waals surface area contributed by atoms with Crippen LogP contribution in [0.4, 0.5) is 8.78 Å². The highest BCUT2D eigenvalue weighted by Gasteiger charge is 2.44. The van der Waals surface area contributed by atoms with Crippen molar-refractivity contribution in [3.8, 4) is 0 Å². The van der Waals surface area contributed by atoms with Crippen LogP contribution in [0.15, 0.2) is 0 Å². The van der Waals surface area contributed by atoms with Gasteiger partial charge in [-0.1, -0.05) is 27.2 Å². The maximum atomic E-state index is 13.4. The molecule has 0 unspecified atom stereocenters. The molecule has 0 nitrogen and oxygen atoms in total. The van der Waals surface area contributed by atoms with Crippen molar-refractivity contribution in [3.63, 3.8) is 0 Å². The molecule has 2 heteroatoms. The van der Waals surface area contributed by atoms with E-state index in [1.54, 1.807) is 0 Å². The topological polar surface area (TPSA) is 0 Å². The lowest BCUT2D eigenvalue weighted by molar-refractivity contribution is -0.115. The van der Waals surface area contributed by atoms with Gasteiger partial charge in [0.2, 0.25) is 0 Å². The summed E-state index contributed by atoms with van der Waals surface area (Å²) in [6.45, 7) is 5.72. The first kappa shape index (κ1) is 9.94. The number of rotatable bonds is 1. The lowest BCUT2D eigenvalue weighted by Crippen LogP contribution is -2.37. The highest BCUT2D eigenvalue weighted by molar-refractivity contribution is 4.86. The normalized spacial score (nSPS) is 35.5. The van der Waals surface area contributed by atoms with Gasteiger partial charge >= 0.3 is 0 Å². The van der Waals surface area contributed by atoms with Crippen molar-refractivity contribution in [2.24, 2.45) is 17.8 Å². The van der Waals surface area contributed by atoms with Crippen LogP contribution in [-0.2, 0) is 0 Å². The first-order valence-electron chi connectivity index (χ1n) is 4.81. The molecular formula is C10H18F2. The molecular weight excluding hydrogens is 158 g/mol. The van der Waals surface area contributed by atoms with Crippen molar-refractivity contribution in [1.29, 1.82) is 0 Å². The first-order chi connectivity index (χ1) is 5.43. The largest absolute Gasteiger partial charge is 0.251 e. The monoisotopic (exact) mass is 176 g/mol. The van der Waals surface area contributed by atoms with Crippen LogP contribution in [0.25, 0.3) is 0 Å². The second kappa shape index (κ2) is 3.31. The Hall–Kier alpha value is -0.140. The second-order valence-electron chi connectivity index (χ2n) is 4.50.